The Morgan fingerprint density at radius 3 is 2.69 bits per heavy atom. The van der Waals surface area contributed by atoms with Gasteiger partial charge in [-0.3, -0.25) is 24.3 Å². The number of fused-ring (bicyclic) bond motifs is 1. The van der Waals surface area contributed by atoms with Crippen LogP contribution in [-0.4, -0.2) is 46.3 Å². The highest BCUT2D eigenvalue weighted by molar-refractivity contribution is 5.82. The third-order valence-corrected chi connectivity index (χ3v) is 4.54. The molecule has 1 aromatic carbocycles. The Hall–Kier alpha value is -2.90. The normalized spacial score (nSPS) is 17.3. The zero-order chi connectivity index (χ0) is 18.7. The molecule has 0 bridgehead atoms. The minimum atomic E-state index is -0.753. The van der Waals surface area contributed by atoms with E-state index in [4.69, 9.17) is 4.74 Å². The number of carbonyl (C=O) groups excluding carboxylic acids is 2. The van der Waals surface area contributed by atoms with Crippen LogP contribution in [0.15, 0.2) is 33.9 Å². The molecule has 1 unspecified atom stereocenters. The van der Waals surface area contributed by atoms with E-state index in [1.807, 2.05) is 0 Å². The van der Waals surface area contributed by atoms with Crippen molar-refractivity contribution < 1.29 is 14.3 Å². The van der Waals surface area contributed by atoms with Crippen LogP contribution in [0.5, 0.6) is 0 Å². The first-order valence-electron chi connectivity index (χ1n) is 8.61. The summed E-state index contributed by atoms with van der Waals surface area (Å²) in [6.45, 7) is 2.58. The summed E-state index contributed by atoms with van der Waals surface area (Å²) in [5.41, 5.74) is -0.959. The van der Waals surface area contributed by atoms with Crippen LogP contribution in [0, 0.1) is 5.92 Å². The van der Waals surface area contributed by atoms with E-state index in [0.717, 1.165) is 17.5 Å². The maximum atomic E-state index is 12.3. The molecule has 2 aromatic rings. The predicted octanol–water partition coefficient (Wildman–Crippen LogP) is 0.491. The summed E-state index contributed by atoms with van der Waals surface area (Å²) >= 11 is 0. The Balaban J connectivity index is 1.64. The molecule has 2 heterocycles. The molecular formula is C18H21N3O5. The van der Waals surface area contributed by atoms with Crippen LogP contribution in [0.4, 0.5) is 0 Å². The lowest BCUT2D eigenvalue weighted by molar-refractivity contribution is -0.153. The van der Waals surface area contributed by atoms with Gasteiger partial charge in [-0.15, -0.1) is 0 Å². The number of aromatic amines is 1. The first-order valence-corrected chi connectivity index (χ1v) is 8.61. The summed E-state index contributed by atoms with van der Waals surface area (Å²) < 4.78 is 5.89. The highest BCUT2D eigenvalue weighted by Crippen LogP contribution is 2.15. The van der Waals surface area contributed by atoms with Gasteiger partial charge in [0.15, 0.2) is 6.61 Å². The van der Waals surface area contributed by atoms with Crippen LogP contribution in [0.3, 0.4) is 0 Å². The van der Waals surface area contributed by atoms with E-state index >= 15 is 0 Å². The number of nitrogens with one attached hydrogen (secondary N) is 1. The second kappa shape index (κ2) is 7.55. The molecule has 138 valence electrons. The van der Waals surface area contributed by atoms with Crippen LogP contribution in [0.25, 0.3) is 10.8 Å². The predicted molar refractivity (Wildman–Crippen MR) is 94.8 cm³/mol. The molecule has 0 aliphatic carbocycles. The smallest absolute Gasteiger partial charge is 0.328 e. The van der Waals surface area contributed by atoms with Gasteiger partial charge in [0.1, 0.15) is 6.54 Å². The molecule has 1 atom stereocenters. The van der Waals surface area contributed by atoms with Gasteiger partial charge in [0.05, 0.1) is 10.8 Å². The van der Waals surface area contributed by atoms with Crippen molar-refractivity contribution in [3.63, 3.8) is 0 Å². The first-order chi connectivity index (χ1) is 12.5. The molecule has 8 nitrogen and oxygen atoms in total. The van der Waals surface area contributed by atoms with Crippen molar-refractivity contribution in [3.05, 3.63) is 45.0 Å². The van der Waals surface area contributed by atoms with Gasteiger partial charge in [-0.1, -0.05) is 19.1 Å². The van der Waals surface area contributed by atoms with E-state index in [-0.39, 0.29) is 23.3 Å². The van der Waals surface area contributed by atoms with E-state index in [1.165, 1.54) is 12.1 Å². The molecule has 1 aromatic heterocycles. The average molecular weight is 359 g/mol. The van der Waals surface area contributed by atoms with Crippen molar-refractivity contribution in [3.8, 4) is 0 Å². The summed E-state index contributed by atoms with van der Waals surface area (Å²) in [5, 5.41) is 2.84. The monoisotopic (exact) mass is 359 g/mol. The maximum Gasteiger partial charge on any atom is 0.328 e. The van der Waals surface area contributed by atoms with Gasteiger partial charge in [0.25, 0.3) is 17.0 Å². The van der Waals surface area contributed by atoms with Crippen LogP contribution >= 0.6 is 0 Å². The number of benzene rings is 1. The number of amides is 1. The second-order valence-electron chi connectivity index (χ2n) is 6.63. The molecule has 1 fully saturated rings. The highest BCUT2D eigenvalue weighted by Gasteiger charge is 2.22. The SMILES string of the molecule is CC1CCCN(C(=O)COC(=O)Cn2[nH]c(=O)c3ccccc3c2=O)C1. The van der Waals surface area contributed by atoms with Crippen molar-refractivity contribution in [1.82, 2.24) is 14.7 Å². The molecule has 0 saturated carbocycles. The fourth-order valence-corrected chi connectivity index (χ4v) is 3.18. The molecular weight excluding hydrogens is 338 g/mol. The van der Waals surface area contributed by atoms with Crippen LogP contribution < -0.4 is 11.1 Å². The number of nitrogens with zero attached hydrogens (tertiary/aromatic N) is 2. The van der Waals surface area contributed by atoms with Crippen molar-refractivity contribution in [1.29, 1.82) is 0 Å². The molecule has 8 heteroatoms. The number of hydrogen-bond acceptors (Lipinski definition) is 5. The molecule has 3 rings (SSSR count). The summed E-state index contributed by atoms with van der Waals surface area (Å²) in [6, 6.07) is 6.36. The zero-order valence-electron chi connectivity index (χ0n) is 14.6. The lowest BCUT2D eigenvalue weighted by Crippen LogP contribution is -2.41. The average Bonchev–Trinajstić information content (AvgIpc) is 2.64. The molecule has 1 saturated heterocycles. The second-order valence-corrected chi connectivity index (χ2v) is 6.63. The number of likely N-dealkylation sites (tertiary alicyclic amines) is 1. The molecule has 1 aliphatic heterocycles. The van der Waals surface area contributed by atoms with Gasteiger partial charge < -0.3 is 9.64 Å². The van der Waals surface area contributed by atoms with Crippen LogP contribution in [-0.2, 0) is 20.9 Å². The van der Waals surface area contributed by atoms with Crippen molar-refractivity contribution in [2.45, 2.75) is 26.3 Å². The van der Waals surface area contributed by atoms with Gasteiger partial charge in [-0.05, 0) is 30.9 Å². The minimum Gasteiger partial charge on any atom is -0.454 e. The number of aromatic nitrogens is 2. The molecule has 0 spiro atoms. The minimum absolute atomic E-state index is 0.224. The largest absolute Gasteiger partial charge is 0.454 e. The van der Waals surface area contributed by atoms with E-state index in [9.17, 15) is 19.2 Å². The standard InChI is InChI=1S/C18H21N3O5/c1-12-5-4-8-20(9-12)15(22)11-26-16(23)10-21-18(25)14-7-3-2-6-13(14)17(24)19-21/h2-3,6-7,12H,4-5,8-11H2,1H3,(H,19,24). The highest BCUT2D eigenvalue weighted by atomic mass is 16.5. The molecule has 1 N–H and O–H groups in total. The lowest BCUT2D eigenvalue weighted by Gasteiger charge is -2.30. The summed E-state index contributed by atoms with van der Waals surface area (Å²) in [5.74, 6) is -0.564. The third kappa shape index (κ3) is 3.84. The maximum absolute atomic E-state index is 12.3. The Bertz CT molecular complexity index is 946. The first kappa shape index (κ1) is 17.9. The number of carbonyl (C=O) groups is 2. The van der Waals surface area contributed by atoms with Gasteiger partial charge in [0, 0.05) is 13.1 Å². The Morgan fingerprint density at radius 2 is 1.96 bits per heavy atom. The Morgan fingerprint density at radius 1 is 1.23 bits per heavy atom. The molecule has 1 aliphatic rings. The topological polar surface area (TPSA) is 101 Å². The molecule has 0 radical (unpaired) electrons. The number of piperidine rings is 1. The van der Waals surface area contributed by atoms with Crippen LogP contribution in [0.2, 0.25) is 0 Å². The van der Waals surface area contributed by atoms with Gasteiger partial charge in [0.2, 0.25) is 0 Å². The quantitative estimate of drug-likeness (QED) is 0.801. The van der Waals surface area contributed by atoms with Gasteiger partial charge in [-0.25, -0.2) is 4.68 Å². The van der Waals surface area contributed by atoms with Crippen LogP contribution in [0.1, 0.15) is 19.8 Å². The van der Waals surface area contributed by atoms with E-state index in [1.54, 1.807) is 17.0 Å². The summed E-state index contributed by atoms with van der Waals surface area (Å²) in [4.78, 5) is 50.1. The van der Waals surface area contributed by atoms with Crippen molar-refractivity contribution in [2.24, 2.45) is 5.92 Å². The lowest BCUT2D eigenvalue weighted by atomic mass is 10.0. The van der Waals surface area contributed by atoms with Gasteiger partial charge in [-0.2, -0.15) is 0 Å². The third-order valence-electron chi connectivity index (χ3n) is 4.54. The van der Waals surface area contributed by atoms with E-state index in [0.29, 0.717) is 19.0 Å². The Kier molecular flexibility index (Phi) is 5.20. The van der Waals surface area contributed by atoms with Gasteiger partial charge >= 0.3 is 5.97 Å². The Labute approximate surface area is 149 Å². The van der Waals surface area contributed by atoms with Crippen molar-refractivity contribution >= 4 is 22.6 Å². The zero-order valence-corrected chi connectivity index (χ0v) is 14.6. The number of H-pyrrole nitrogens is 1. The van der Waals surface area contributed by atoms with Crippen molar-refractivity contribution in [2.75, 3.05) is 19.7 Å². The van der Waals surface area contributed by atoms with E-state index in [2.05, 4.69) is 12.0 Å². The number of hydrogen-bond donors (Lipinski definition) is 1. The number of rotatable bonds is 4. The number of esters is 1. The number of ether oxygens (including phenoxy) is 1. The fourth-order valence-electron chi connectivity index (χ4n) is 3.18. The summed E-state index contributed by atoms with van der Waals surface area (Å²) in [6.07, 6.45) is 2.02. The molecule has 26 heavy (non-hydrogen) atoms. The summed E-state index contributed by atoms with van der Waals surface area (Å²) in [7, 11) is 0. The fraction of sp³-hybridized carbons (Fsp3) is 0.444. The van der Waals surface area contributed by atoms with E-state index < -0.39 is 23.6 Å². The molecule has 1 amide bonds.